The number of nitro groups is 1. The van der Waals surface area contributed by atoms with Crippen molar-refractivity contribution in [1.82, 2.24) is 9.78 Å². The second-order valence-electron chi connectivity index (χ2n) is 4.73. The van der Waals surface area contributed by atoms with E-state index in [1.54, 1.807) is 17.8 Å². The Bertz CT molecular complexity index is 628. The molecule has 0 saturated heterocycles. The third-order valence-electron chi connectivity index (χ3n) is 3.13. The Morgan fingerprint density at radius 2 is 2.37 bits per heavy atom. The maximum atomic E-state index is 11.1. The van der Waals surface area contributed by atoms with Gasteiger partial charge in [0.2, 0.25) is 0 Å². The van der Waals surface area contributed by atoms with Crippen LogP contribution in [-0.2, 0) is 0 Å². The largest absolute Gasteiger partial charge is 0.388 e. The van der Waals surface area contributed by atoms with Crippen LogP contribution in [0.15, 0.2) is 18.3 Å². The van der Waals surface area contributed by atoms with E-state index in [9.17, 15) is 15.2 Å². The molecule has 2 aromatic rings. The van der Waals surface area contributed by atoms with Crippen molar-refractivity contribution in [3.8, 4) is 5.00 Å². The molecule has 0 amide bonds. The standard InChI is InChI=1S/C12H13N3O3S/c1-7(16)11-6-10(15(17)18)12(19-11)14-5-4-9(13-14)8-2-3-8/h4-8,16H,2-3H2,1H3/t7-/m0/s1. The highest BCUT2D eigenvalue weighted by atomic mass is 32.1. The van der Waals surface area contributed by atoms with Crippen molar-refractivity contribution < 1.29 is 10.0 Å². The van der Waals surface area contributed by atoms with Gasteiger partial charge in [0, 0.05) is 23.1 Å². The lowest BCUT2D eigenvalue weighted by Crippen LogP contribution is -1.97. The first-order chi connectivity index (χ1) is 9.06. The van der Waals surface area contributed by atoms with E-state index in [1.807, 2.05) is 6.07 Å². The Morgan fingerprint density at radius 1 is 1.63 bits per heavy atom. The van der Waals surface area contributed by atoms with Gasteiger partial charge < -0.3 is 5.11 Å². The number of nitrogens with zero attached hydrogens (tertiary/aromatic N) is 3. The molecule has 0 bridgehead atoms. The normalized spacial score (nSPS) is 16.5. The van der Waals surface area contributed by atoms with Gasteiger partial charge in [-0.2, -0.15) is 5.10 Å². The molecule has 1 aliphatic rings. The summed E-state index contributed by atoms with van der Waals surface area (Å²) >= 11 is 1.20. The molecule has 1 N–H and O–H groups in total. The van der Waals surface area contributed by atoms with Crippen LogP contribution in [0, 0.1) is 10.1 Å². The molecule has 0 radical (unpaired) electrons. The smallest absolute Gasteiger partial charge is 0.306 e. The van der Waals surface area contributed by atoms with E-state index in [4.69, 9.17) is 0 Å². The van der Waals surface area contributed by atoms with Crippen molar-refractivity contribution in [2.45, 2.75) is 31.8 Å². The molecule has 0 aromatic carbocycles. The fourth-order valence-electron chi connectivity index (χ4n) is 1.94. The first kappa shape index (κ1) is 12.3. The van der Waals surface area contributed by atoms with Crippen LogP contribution in [0.25, 0.3) is 5.00 Å². The van der Waals surface area contributed by atoms with Crippen molar-refractivity contribution in [2.75, 3.05) is 0 Å². The quantitative estimate of drug-likeness (QED) is 0.689. The monoisotopic (exact) mass is 279 g/mol. The Labute approximate surface area is 113 Å². The van der Waals surface area contributed by atoms with E-state index < -0.39 is 11.0 Å². The lowest BCUT2D eigenvalue weighted by atomic mass is 10.3. The van der Waals surface area contributed by atoms with Gasteiger partial charge in [0.1, 0.15) is 0 Å². The first-order valence-electron chi connectivity index (χ1n) is 6.08. The van der Waals surface area contributed by atoms with Crippen molar-refractivity contribution >= 4 is 17.0 Å². The van der Waals surface area contributed by atoms with Gasteiger partial charge in [-0.25, -0.2) is 4.68 Å². The molecule has 2 heterocycles. The molecular formula is C12H13N3O3S. The van der Waals surface area contributed by atoms with E-state index in [-0.39, 0.29) is 5.69 Å². The summed E-state index contributed by atoms with van der Waals surface area (Å²) in [7, 11) is 0. The molecular weight excluding hydrogens is 266 g/mol. The zero-order valence-electron chi connectivity index (χ0n) is 10.3. The number of thiophene rings is 1. The topological polar surface area (TPSA) is 81.2 Å². The molecule has 3 rings (SSSR count). The number of rotatable bonds is 4. The van der Waals surface area contributed by atoms with Crippen molar-refractivity contribution in [3.63, 3.8) is 0 Å². The number of aliphatic hydroxyl groups excluding tert-OH is 1. The molecule has 19 heavy (non-hydrogen) atoms. The molecule has 1 saturated carbocycles. The number of aromatic nitrogens is 2. The minimum absolute atomic E-state index is 0.00801. The Morgan fingerprint density at radius 3 is 2.95 bits per heavy atom. The minimum atomic E-state index is -0.712. The van der Waals surface area contributed by atoms with Gasteiger partial charge >= 0.3 is 5.69 Å². The van der Waals surface area contributed by atoms with E-state index in [0.717, 1.165) is 18.5 Å². The van der Waals surface area contributed by atoms with Crippen LogP contribution < -0.4 is 0 Å². The summed E-state index contributed by atoms with van der Waals surface area (Å²) in [5.41, 5.74) is 0.979. The van der Waals surface area contributed by atoms with Gasteiger partial charge in [-0.1, -0.05) is 0 Å². The molecule has 1 atom stereocenters. The summed E-state index contributed by atoms with van der Waals surface area (Å²) in [5, 5.41) is 25.5. The van der Waals surface area contributed by atoms with Crippen LogP contribution in [-0.4, -0.2) is 19.8 Å². The second kappa shape index (κ2) is 4.43. The summed E-state index contributed by atoms with van der Waals surface area (Å²) < 4.78 is 1.54. The zero-order chi connectivity index (χ0) is 13.6. The predicted octanol–water partition coefficient (Wildman–Crippen LogP) is 2.77. The molecule has 0 unspecified atom stereocenters. The molecule has 100 valence electrons. The van der Waals surface area contributed by atoms with E-state index in [2.05, 4.69) is 5.10 Å². The summed E-state index contributed by atoms with van der Waals surface area (Å²) in [6.07, 6.45) is 3.32. The molecule has 1 aliphatic carbocycles. The minimum Gasteiger partial charge on any atom is -0.388 e. The highest BCUT2D eigenvalue weighted by molar-refractivity contribution is 7.15. The first-order valence-corrected chi connectivity index (χ1v) is 6.90. The highest BCUT2D eigenvalue weighted by Gasteiger charge is 2.28. The third kappa shape index (κ3) is 2.26. The average molecular weight is 279 g/mol. The van der Waals surface area contributed by atoms with Gasteiger partial charge in [0.05, 0.1) is 16.7 Å². The van der Waals surface area contributed by atoms with Crippen molar-refractivity contribution in [1.29, 1.82) is 0 Å². The molecule has 7 heteroatoms. The second-order valence-corrected chi connectivity index (χ2v) is 5.79. The van der Waals surface area contributed by atoms with Crippen LogP contribution >= 0.6 is 11.3 Å². The summed E-state index contributed by atoms with van der Waals surface area (Å²) in [6.45, 7) is 1.60. The van der Waals surface area contributed by atoms with Gasteiger partial charge in [0.15, 0.2) is 5.00 Å². The molecule has 6 nitrogen and oxygen atoms in total. The zero-order valence-corrected chi connectivity index (χ0v) is 11.1. The summed E-state index contributed by atoms with van der Waals surface area (Å²) in [6, 6.07) is 3.33. The lowest BCUT2D eigenvalue weighted by Gasteiger charge is -1.97. The average Bonchev–Trinajstić information content (AvgIpc) is 2.93. The number of hydrogen-bond acceptors (Lipinski definition) is 5. The van der Waals surface area contributed by atoms with Crippen LogP contribution in [0.3, 0.4) is 0 Å². The SMILES string of the molecule is C[C@H](O)c1cc([N+](=O)[O-])c(-n2ccc(C3CC3)n2)s1. The molecule has 2 aromatic heterocycles. The van der Waals surface area contributed by atoms with Gasteiger partial charge in [-0.05, 0) is 25.8 Å². The Kier molecular flexibility index (Phi) is 2.87. The molecule has 0 aliphatic heterocycles. The van der Waals surface area contributed by atoms with E-state index in [1.165, 1.54) is 17.4 Å². The molecule has 1 fully saturated rings. The maximum absolute atomic E-state index is 11.1. The highest BCUT2D eigenvalue weighted by Crippen LogP contribution is 2.40. The van der Waals surface area contributed by atoms with Crippen LogP contribution in [0.2, 0.25) is 0 Å². The Balaban J connectivity index is 2.03. The van der Waals surface area contributed by atoms with Gasteiger partial charge in [-0.3, -0.25) is 10.1 Å². The van der Waals surface area contributed by atoms with Crippen LogP contribution in [0.4, 0.5) is 5.69 Å². The van der Waals surface area contributed by atoms with Crippen molar-refractivity contribution in [2.24, 2.45) is 0 Å². The molecule has 0 spiro atoms. The lowest BCUT2D eigenvalue weighted by molar-refractivity contribution is -0.384. The van der Waals surface area contributed by atoms with Gasteiger partial charge in [0.25, 0.3) is 0 Å². The fourth-order valence-corrected chi connectivity index (χ4v) is 2.94. The van der Waals surface area contributed by atoms with Gasteiger partial charge in [-0.15, -0.1) is 11.3 Å². The maximum Gasteiger partial charge on any atom is 0.306 e. The van der Waals surface area contributed by atoms with E-state index >= 15 is 0 Å². The van der Waals surface area contributed by atoms with Crippen LogP contribution in [0.1, 0.15) is 42.4 Å². The number of aliphatic hydroxyl groups is 1. The Hall–Kier alpha value is -1.73. The van der Waals surface area contributed by atoms with Crippen molar-refractivity contribution in [3.05, 3.63) is 39.0 Å². The van der Waals surface area contributed by atoms with E-state index in [0.29, 0.717) is 15.8 Å². The predicted molar refractivity (Wildman–Crippen MR) is 70.7 cm³/mol. The summed E-state index contributed by atoms with van der Waals surface area (Å²) in [4.78, 5) is 11.2. The van der Waals surface area contributed by atoms with Crippen LogP contribution in [0.5, 0.6) is 0 Å². The number of hydrogen-bond donors (Lipinski definition) is 1. The summed E-state index contributed by atoms with van der Waals surface area (Å²) in [5.74, 6) is 0.511. The third-order valence-corrected chi connectivity index (χ3v) is 4.42. The fraction of sp³-hybridized carbons (Fsp3) is 0.417.